The number of piperidine rings is 1. The van der Waals surface area contributed by atoms with Gasteiger partial charge < -0.3 is 14.2 Å². The zero-order valence-corrected chi connectivity index (χ0v) is 14.2. The summed E-state index contributed by atoms with van der Waals surface area (Å²) >= 11 is 0. The van der Waals surface area contributed by atoms with Crippen LogP contribution in [-0.2, 0) is 16.1 Å². The minimum atomic E-state index is -0.312. The molecule has 2 aromatic rings. The second-order valence-corrected chi connectivity index (χ2v) is 6.12. The first-order valence-corrected chi connectivity index (χ1v) is 8.33. The number of methoxy groups -OCH3 is 1. The van der Waals surface area contributed by atoms with Crippen molar-refractivity contribution in [3.8, 4) is 0 Å². The molecule has 3 rings (SSSR count). The number of rotatable bonds is 6. The largest absolute Gasteiger partial charge is 0.383 e. The number of ether oxygens (including phenoxy) is 1. The first-order valence-electron chi connectivity index (χ1n) is 8.33. The summed E-state index contributed by atoms with van der Waals surface area (Å²) in [4.78, 5) is 23.0. The van der Waals surface area contributed by atoms with E-state index in [-0.39, 0.29) is 11.9 Å². The lowest BCUT2D eigenvalue weighted by Gasteiger charge is -2.33. The summed E-state index contributed by atoms with van der Waals surface area (Å²) in [7, 11) is 1.71. The second kappa shape index (κ2) is 7.57. The summed E-state index contributed by atoms with van der Waals surface area (Å²) in [6.07, 6.45) is 8.74. The molecule has 0 saturated carbocycles. The van der Waals surface area contributed by atoms with Gasteiger partial charge in [0, 0.05) is 45.1 Å². The Morgan fingerprint density at radius 3 is 2.88 bits per heavy atom. The quantitative estimate of drug-likeness (QED) is 0.791. The molecule has 1 aliphatic heterocycles. The smallest absolute Gasteiger partial charge is 0.247 e. The molecule has 24 heavy (non-hydrogen) atoms. The predicted molar refractivity (Wildman–Crippen MR) is 87.4 cm³/mol. The molecule has 0 N–H and O–H groups in total. The van der Waals surface area contributed by atoms with E-state index in [1.54, 1.807) is 18.1 Å². The van der Waals surface area contributed by atoms with Crippen LogP contribution in [0.25, 0.3) is 0 Å². The van der Waals surface area contributed by atoms with E-state index in [1.165, 1.54) is 6.33 Å². The highest BCUT2D eigenvalue weighted by Crippen LogP contribution is 2.28. The van der Waals surface area contributed by atoms with Crippen molar-refractivity contribution in [2.24, 2.45) is 0 Å². The van der Waals surface area contributed by atoms with E-state index in [4.69, 9.17) is 4.74 Å². The Labute approximate surface area is 141 Å². The van der Waals surface area contributed by atoms with Crippen molar-refractivity contribution in [2.75, 3.05) is 26.8 Å². The van der Waals surface area contributed by atoms with Gasteiger partial charge in [-0.05, 0) is 19.8 Å². The summed E-state index contributed by atoms with van der Waals surface area (Å²) in [5.41, 5.74) is 0. The molecule has 3 heterocycles. The van der Waals surface area contributed by atoms with E-state index >= 15 is 0 Å². The number of imidazole rings is 1. The van der Waals surface area contributed by atoms with E-state index in [2.05, 4.69) is 19.6 Å². The molecule has 0 aliphatic carbocycles. The van der Waals surface area contributed by atoms with Crippen molar-refractivity contribution >= 4 is 5.91 Å². The van der Waals surface area contributed by atoms with Gasteiger partial charge in [0.1, 0.15) is 24.5 Å². The van der Waals surface area contributed by atoms with E-state index < -0.39 is 0 Å². The molecule has 1 atom stereocenters. The molecule has 0 spiro atoms. The van der Waals surface area contributed by atoms with Gasteiger partial charge in [-0.3, -0.25) is 4.79 Å². The van der Waals surface area contributed by atoms with Gasteiger partial charge >= 0.3 is 0 Å². The molecule has 0 unspecified atom stereocenters. The highest BCUT2D eigenvalue weighted by Gasteiger charge is 2.29. The fourth-order valence-corrected chi connectivity index (χ4v) is 3.21. The number of likely N-dealkylation sites (tertiary alicyclic amines) is 1. The van der Waals surface area contributed by atoms with E-state index in [1.807, 2.05) is 24.2 Å². The Balaban J connectivity index is 1.58. The number of carbonyl (C=O) groups excluding carboxylic acids is 1. The van der Waals surface area contributed by atoms with Crippen molar-refractivity contribution < 1.29 is 9.53 Å². The van der Waals surface area contributed by atoms with Crippen LogP contribution in [0.3, 0.4) is 0 Å². The van der Waals surface area contributed by atoms with Crippen LogP contribution >= 0.6 is 0 Å². The van der Waals surface area contributed by atoms with Crippen molar-refractivity contribution in [3.05, 3.63) is 30.9 Å². The third kappa shape index (κ3) is 3.48. The van der Waals surface area contributed by atoms with Gasteiger partial charge in [0.15, 0.2) is 0 Å². The summed E-state index contributed by atoms with van der Waals surface area (Å²) in [6, 6.07) is -0.312. The van der Waals surface area contributed by atoms with Gasteiger partial charge in [-0.25, -0.2) is 14.6 Å². The number of nitrogens with zero attached hydrogens (tertiary/aromatic N) is 6. The molecule has 1 fully saturated rings. The summed E-state index contributed by atoms with van der Waals surface area (Å²) in [6.45, 7) is 4.85. The minimum Gasteiger partial charge on any atom is -0.383 e. The number of hydrogen-bond donors (Lipinski definition) is 0. The van der Waals surface area contributed by atoms with Crippen LogP contribution in [0.5, 0.6) is 0 Å². The Hall–Kier alpha value is -2.22. The van der Waals surface area contributed by atoms with Gasteiger partial charge in [-0.1, -0.05) is 0 Å². The van der Waals surface area contributed by atoms with Crippen LogP contribution in [-0.4, -0.2) is 61.9 Å². The SMILES string of the molecule is COCCn1ccnc1C1CCN(C(=O)[C@@H](C)n2cncn2)CC1. The number of aromatic nitrogens is 5. The van der Waals surface area contributed by atoms with Gasteiger partial charge in [0.05, 0.1) is 6.61 Å². The lowest BCUT2D eigenvalue weighted by atomic mass is 9.95. The molecule has 0 bridgehead atoms. The van der Waals surface area contributed by atoms with E-state index in [0.717, 1.165) is 38.3 Å². The standard InChI is InChI=1S/C16H24N6O2/c1-13(22-12-17-11-19-22)16(23)21-6-3-14(4-7-21)15-18-5-8-20(15)9-10-24-2/h5,8,11-14H,3-4,6-7,9-10H2,1-2H3/t13-/m1/s1. The zero-order chi connectivity index (χ0) is 16.9. The number of carbonyl (C=O) groups is 1. The number of amides is 1. The normalized spacial score (nSPS) is 17.2. The van der Waals surface area contributed by atoms with Crippen LogP contribution in [0.1, 0.15) is 37.5 Å². The lowest BCUT2D eigenvalue weighted by Crippen LogP contribution is -2.41. The van der Waals surface area contributed by atoms with Crippen molar-refractivity contribution in [2.45, 2.75) is 38.3 Å². The van der Waals surface area contributed by atoms with Crippen molar-refractivity contribution in [1.82, 2.24) is 29.2 Å². The fraction of sp³-hybridized carbons (Fsp3) is 0.625. The Kier molecular flexibility index (Phi) is 5.24. The number of hydrogen-bond acceptors (Lipinski definition) is 5. The average molecular weight is 332 g/mol. The molecule has 0 radical (unpaired) electrons. The minimum absolute atomic E-state index is 0.0988. The topological polar surface area (TPSA) is 78.1 Å². The van der Waals surface area contributed by atoms with Crippen LogP contribution in [0.2, 0.25) is 0 Å². The Morgan fingerprint density at radius 2 is 2.21 bits per heavy atom. The van der Waals surface area contributed by atoms with Crippen LogP contribution < -0.4 is 0 Å². The fourth-order valence-electron chi connectivity index (χ4n) is 3.21. The summed E-state index contributed by atoms with van der Waals surface area (Å²) in [5.74, 6) is 1.59. The molecule has 1 aliphatic rings. The first-order chi connectivity index (χ1) is 11.7. The molecule has 0 aromatic carbocycles. The third-order valence-corrected chi connectivity index (χ3v) is 4.65. The van der Waals surface area contributed by atoms with Crippen molar-refractivity contribution in [1.29, 1.82) is 0 Å². The maximum atomic E-state index is 12.6. The van der Waals surface area contributed by atoms with Crippen LogP contribution in [0.4, 0.5) is 0 Å². The molecule has 8 nitrogen and oxygen atoms in total. The van der Waals surface area contributed by atoms with Gasteiger partial charge in [0.25, 0.3) is 0 Å². The molecule has 8 heteroatoms. The van der Waals surface area contributed by atoms with Crippen LogP contribution in [0, 0.1) is 0 Å². The molecule has 1 saturated heterocycles. The summed E-state index contributed by atoms with van der Waals surface area (Å²) in [5, 5.41) is 4.06. The predicted octanol–water partition coefficient (Wildman–Crippen LogP) is 1.09. The lowest BCUT2D eigenvalue weighted by molar-refractivity contribution is -0.135. The van der Waals surface area contributed by atoms with Gasteiger partial charge in [-0.15, -0.1) is 0 Å². The average Bonchev–Trinajstić information content (AvgIpc) is 3.30. The second-order valence-electron chi connectivity index (χ2n) is 6.12. The maximum Gasteiger partial charge on any atom is 0.247 e. The zero-order valence-electron chi connectivity index (χ0n) is 14.2. The van der Waals surface area contributed by atoms with Gasteiger partial charge in [-0.2, -0.15) is 5.10 Å². The molecule has 1 amide bonds. The monoisotopic (exact) mass is 332 g/mol. The molecular weight excluding hydrogens is 308 g/mol. The molecular formula is C16H24N6O2. The maximum absolute atomic E-state index is 12.6. The Bertz CT molecular complexity index is 645. The molecule has 130 valence electrons. The van der Waals surface area contributed by atoms with Crippen molar-refractivity contribution in [3.63, 3.8) is 0 Å². The third-order valence-electron chi connectivity index (χ3n) is 4.65. The highest BCUT2D eigenvalue weighted by molar-refractivity contribution is 5.80. The van der Waals surface area contributed by atoms with E-state index in [0.29, 0.717) is 12.5 Å². The first kappa shape index (κ1) is 16.6. The van der Waals surface area contributed by atoms with E-state index in [9.17, 15) is 4.79 Å². The van der Waals surface area contributed by atoms with Gasteiger partial charge in [0.2, 0.25) is 5.91 Å². The Morgan fingerprint density at radius 1 is 1.42 bits per heavy atom. The summed E-state index contributed by atoms with van der Waals surface area (Å²) < 4.78 is 8.91. The van der Waals surface area contributed by atoms with Crippen LogP contribution in [0.15, 0.2) is 25.0 Å². The highest BCUT2D eigenvalue weighted by atomic mass is 16.5. The molecule has 2 aromatic heterocycles.